The highest BCUT2D eigenvalue weighted by atomic mass is 32.2. The standard InChI is InChI=1S/C8H9N2OS/c1-12-10-4-2-3-7(6-10)5-8(9)11/h2-4,6H,1,5H2,(H-,9,11)/p+1. The van der Waals surface area contributed by atoms with E-state index in [-0.39, 0.29) is 12.3 Å². The van der Waals surface area contributed by atoms with E-state index in [2.05, 4.69) is 6.26 Å². The molecule has 0 saturated carbocycles. The van der Waals surface area contributed by atoms with Crippen molar-refractivity contribution in [3.8, 4) is 0 Å². The molecule has 0 bridgehead atoms. The number of nitrogens with two attached hydrogens (primary N) is 1. The summed E-state index contributed by atoms with van der Waals surface area (Å²) in [4.78, 5) is 10.6. The van der Waals surface area contributed by atoms with Gasteiger partial charge in [0.15, 0.2) is 24.3 Å². The summed E-state index contributed by atoms with van der Waals surface area (Å²) in [6, 6.07) is 3.72. The Balaban J connectivity index is 2.79. The number of amides is 1. The lowest BCUT2D eigenvalue weighted by atomic mass is 10.2. The maximum absolute atomic E-state index is 10.6. The maximum Gasteiger partial charge on any atom is 0.222 e. The van der Waals surface area contributed by atoms with Gasteiger partial charge in [0.2, 0.25) is 5.91 Å². The van der Waals surface area contributed by atoms with Crippen molar-refractivity contribution in [2.45, 2.75) is 6.42 Å². The zero-order chi connectivity index (χ0) is 8.97. The van der Waals surface area contributed by atoms with Crippen molar-refractivity contribution in [1.29, 1.82) is 0 Å². The summed E-state index contributed by atoms with van der Waals surface area (Å²) in [7, 11) is 0. The Kier molecular flexibility index (Phi) is 3.10. The summed E-state index contributed by atoms with van der Waals surface area (Å²) in [5.74, 6) is -0.318. The number of rotatable bonds is 3. The van der Waals surface area contributed by atoms with Crippen LogP contribution in [0.4, 0.5) is 0 Å². The fourth-order valence-corrected chi connectivity index (χ4v) is 1.25. The summed E-state index contributed by atoms with van der Waals surface area (Å²) in [6.07, 6.45) is 7.62. The van der Waals surface area contributed by atoms with Crippen molar-refractivity contribution in [1.82, 2.24) is 0 Å². The van der Waals surface area contributed by atoms with Crippen LogP contribution in [0.5, 0.6) is 0 Å². The van der Waals surface area contributed by atoms with E-state index in [9.17, 15) is 4.79 Å². The Bertz CT molecular complexity index is 288. The lowest BCUT2D eigenvalue weighted by Gasteiger charge is -1.93. The minimum Gasteiger partial charge on any atom is -0.369 e. The lowest BCUT2D eigenvalue weighted by Crippen LogP contribution is -2.24. The lowest BCUT2D eigenvalue weighted by molar-refractivity contribution is -0.493. The number of hydrogen-bond acceptors (Lipinski definition) is 2. The van der Waals surface area contributed by atoms with Crippen molar-refractivity contribution in [3.05, 3.63) is 36.3 Å². The van der Waals surface area contributed by atoms with Gasteiger partial charge in [-0.05, 0) is 6.07 Å². The van der Waals surface area contributed by atoms with Crippen LogP contribution in [0, 0.1) is 6.26 Å². The van der Waals surface area contributed by atoms with Crippen LogP contribution < -0.4 is 9.71 Å². The highest BCUT2D eigenvalue weighted by Gasteiger charge is 2.03. The number of primary amides is 1. The molecule has 0 aliphatic rings. The molecule has 1 radical (unpaired) electrons. The number of hydrogen-bond donors (Lipinski definition) is 1. The third kappa shape index (κ3) is 2.54. The van der Waals surface area contributed by atoms with E-state index >= 15 is 0 Å². The van der Waals surface area contributed by atoms with Crippen molar-refractivity contribution in [3.63, 3.8) is 0 Å². The van der Waals surface area contributed by atoms with Gasteiger partial charge >= 0.3 is 0 Å². The number of pyridine rings is 1. The first-order chi connectivity index (χ1) is 5.72. The van der Waals surface area contributed by atoms with Gasteiger partial charge < -0.3 is 5.73 Å². The Morgan fingerprint density at radius 2 is 2.50 bits per heavy atom. The molecule has 0 aliphatic heterocycles. The van der Waals surface area contributed by atoms with E-state index in [0.717, 1.165) is 5.56 Å². The molecule has 0 aliphatic carbocycles. The molecule has 1 aromatic rings. The normalized spacial score (nSPS) is 9.75. The molecule has 0 spiro atoms. The van der Waals surface area contributed by atoms with E-state index in [4.69, 9.17) is 5.73 Å². The second-order valence-electron chi connectivity index (χ2n) is 2.34. The average molecular weight is 182 g/mol. The van der Waals surface area contributed by atoms with Gasteiger partial charge in [0.25, 0.3) is 0 Å². The zero-order valence-corrected chi connectivity index (χ0v) is 7.38. The summed E-state index contributed by atoms with van der Waals surface area (Å²) in [6.45, 7) is 0. The Morgan fingerprint density at radius 1 is 1.75 bits per heavy atom. The van der Waals surface area contributed by atoms with Gasteiger partial charge in [-0.25, -0.2) is 0 Å². The highest BCUT2D eigenvalue weighted by molar-refractivity contribution is 7.94. The third-order valence-corrected chi connectivity index (χ3v) is 1.89. The van der Waals surface area contributed by atoms with Crippen LogP contribution in [0.1, 0.15) is 5.56 Å². The maximum atomic E-state index is 10.6. The van der Waals surface area contributed by atoms with Crippen LogP contribution in [0.2, 0.25) is 0 Å². The molecule has 1 amide bonds. The topological polar surface area (TPSA) is 47.0 Å². The molecule has 2 N–H and O–H groups in total. The van der Waals surface area contributed by atoms with E-state index in [1.807, 2.05) is 28.5 Å². The largest absolute Gasteiger partial charge is 0.369 e. The molecule has 1 heterocycles. The quantitative estimate of drug-likeness (QED) is 0.683. The summed E-state index contributed by atoms with van der Waals surface area (Å²) >= 11 is 1.32. The van der Waals surface area contributed by atoms with Crippen molar-refractivity contribution in [2.75, 3.05) is 0 Å². The fourth-order valence-electron chi connectivity index (χ4n) is 0.887. The summed E-state index contributed by atoms with van der Waals surface area (Å²) in [5.41, 5.74) is 5.95. The van der Waals surface area contributed by atoms with Gasteiger partial charge in [0.05, 0.1) is 12.7 Å². The van der Waals surface area contributed by atoms with Gasteiger partial charge in [0.1, 0.15) is 0 Å². The van der Waals surface area contributed by atoms with E-state index in [1.54, 1.807) is 0 Å². The SMILES string of the molecule is [CH2]S[n+]1cccc(CC(N)=O)c1. The molecule has 0 aromatic carbocycles. The first kappa shape index (κ1) is 9.06. The van der Waals surface area contributed by atoms with Gasteiger partial charge in [-0.1, -0.05) is 0 Å². The highest BCUT2D eigenvalue weighted by Crippen LogP contribution is 1.97. The molecule has 63 valence electrons. The monoisotopic (exact) mass is 182 g/mol. The van der Waals surface area contributed by atoms with Crippen LogP contribution in [-0.4, -0.2) is 5.91 Å². The van der Waals surface area contributed by atoms with Crippen molar-refractivity contribution < 1.29 is 8.77 Å². The molecule has 0 fully saturated rings. The smallest absolute Gasteiger partial charge is 0.222 e. The minimum atomic E-state index is -0.318. The summed E-state index contributed by atoms with van der Waals surface area (Å²) in [5, 5.41) is 0. The molecule has 1 rings (SSSR count). The number of carbonyl (C=O) groups excluding carboxylic acids is 1. The number of nitrogens with zero attached hydrogens (tertiary/aromatic N) is 1. The Labute approximate surface area is 75.7 Å². The van der Waals surface area contributed by atoms with Crippen molar-refractivity contribution >= 4 is 17.9 Å². The summed E-state index contributed by atoms with van der Waals surface area (Å²) < 4.78 is 1.82. The van der Waals surface area contributed by atoms with Gasteiger partial charge in [-0.2, -0.15) is 0 Å². The van der Waals surface area contributed by atoms with Gasteiger partial charge in [-0.15, -0.1) is 3.97 Å². The molecule has 0 saturated heterocycles. The molecule has 0 atom stereocenters. The molecular weight excluding hydrogens is 172 g/mol. The van der Waals surface area contributed by atoms with E-state index < -0.39 is 0 Å². The molecule has 0 unspecified atom stereocenters. The molecule has 12 heavy (non-hydrogen) atoms. The van der Waals surface area contributed by atoms with E-state index in [1.165, 1.54) is 11.9 Å². The first-order valence-corrected chi connectivity index (χ1v) is 4.37. The molecule has 4 heteroatoms. The second-order valence-corrected chi connectivity index (χ2v) is 3.02. The number of carbonyl (C=O) groups is 1. The third-order valence-electron chi connectivity index (χ3n) is 1.36. The Morgan fingerprint density at radius 3 is 3.08 bits per heavy atom. The molecular formula is C8H10N2OS+. The van der Waals surface area contributed by atoms with Crippen LogP contribution in [0.15, 0.2) is 24.5 Å². The van der Waals surface area contributed by atoms with Gasteiger partial charge in [0, 0.05) is 11.6 Å². The van der Waals surface area contributed by atoms with Crippen LogP contribution >= 0.6 is 11.9 Å². The predicted molar refractivity (Wildman–Crippen MR) is 47.9 cm³/mol. The number of aromatic nitrogens is 1. The zero-order valence-electron chi connectivity index (χ0n) is 6.56. The van der Waals surface area contributed by atoms with Crippen LogP contribution in [0.25, 0.3) is 0 Å². The van der Waals surface area contributed by atoms with Gasteiger partial charge in [-0.3, -0.25) is 4.79 Å². The average Bonchev–Trinajstić information content (AvgIpc) is 2.03. The predicted octanol–water partition coefficient (Wildman–Crippen LogP) is 0.290. The van der Waals surface area contributed by atoms with Crippen LogP contribution in [0.3, 0.4) is 0 Å². The van der Waals surface area contributed by atoms with E-state index in [0.29, 0.717) is 0 Å². The second kappa shape index (κ2) is 4.11. The van der Waals surface area contributed by atoms with Crippen LogP contribution in [-0.2, 0) is 11.2 Å². The minimum absolute atomic E-state index is 0.279. The van der Waals surface area contributed by atoms with Crippen molar-refractivity contribution in [2.24, 2.45) is 5.73 Å². The Hall–Kier alpha value is -1.03. The first-order valence-electron chi connectivity index (χ1n) is 3.43. The fraction of sp³-hybridized carbons (Fsp3) is 0.125. The molecule has 1 aromatic heterocycles. The molecule has 3 nitrogen and oxygen atoms in total.